The van der Waals surface area contributed by atoms with Crippen LogP contribution in [0.15, 0.2) is 115 Å². The van der Waals surface area contributed by atoms with Crippen molar-refractivity contribution in [3.05, 3.63) is 143 Å². The molecule has 0 heterocycles. The van der Waals surface area contributed by atoms with E-state index in [0.717, 1.165) is 11.1 Å². The second kappa shape index (κ2) is 12.8. The van der Waals surface area contributed by atoms with Crippen molar-refractivity contribution in [2.75, 3.05) is 12.4 Å². The van der Waals surface area contributed by atoms with E-state index in [1.165, 1.54) is 6.08 Å². The maximum absolute atomic E-state index is 13.2. The van der Waals surface area contributed by atoms with Gasteiger partial charge in [0.25, 0.3) is 11.8 Å². The molecule has 0 unspecified atom stereocenters. The van der Waals surface area contributed by atoms with Crippen molar-refractivity contribution in [2.24, 2.45) is 0 Å². The topological polar surface area (TPSA) is 84.5 Å². The van der Waals surface area contributed by atoms with Crippen LogP contribution in [-0.4, -0.2) is 24.7 Å². The minimum absolute atomic E-state index is 0.0541. The molecule has 6 heteroatoms. The lowest BCUT2D eigenvalue weighted by atomic mass is 10.1. The lowest BCUT2D eigenvalue weighted by molar-refractivity contribution is -0.113. The van der Waals surface area contributed by atoms with Crippen LogP contribution in [0, 0.1) is 6.92 Å². The van der Waals surface area contributed by atoms with Gasteiger partial charge in [-0.2, -0.15) is 0 Å². The average molecular weight is 517 g/mol. The highest BCUT2D eigenvalue weighted by Gasteiger charge is 2.15. The van der Waals surface area contributed by atoms with E-state index in [4.69, 9.17) is 4.74 Å². The summed E-state index contributed by atoms with van der Waals surface area (Å²) < 4.78 is 5.27. The molecule has 6 nitrogen and oxygen atoms in total. The van der Waals surface area contributed by atoms with Crippen molar-refractivity contribution < 1.29 is 19.1 Å². The first-order valence-corrected chi connectivity index (χ1v) is 12.3. The lowest BCUT2D eigenvalue weighted by Crippen LogP contribution is -2.30. The van der Waals surface area contributed by atoms with E-state index in [9.17, 15) is 14.4 Å². The molecule has 0 radical (unpaired) electrons. The van der Waals surface area contributed by atoms with E-state index in [0.29, 0.717) is 28.1 Å². The highest BCUT2D eigenvalue weighted by Crippen LogP contribution is 2.17. The summed E-state index contributed by atoms with van der Waals surface area (Å²) in [5, 5.41) is 5.51. The van der Waals surface area contributed by atoms with Gasteiger partial charge in [0, 0.05) is 16.8 Å². The van der Waals surface area contributed by atoms with Crippen molar-refractivity contribution in [1.29, 1.82) is 0 Å². The molecule has 39 heavy (non-hydrogen) atoms. The number of carbonyl (C=O) groups excluding carboxylic acids is 3. The maximum Gasteiger partial charge on any atom is 0.272 e. The molecule has 0 bridgehead atoms. The van der Waals surface area contributed by atoms with Crippen LogP contribution in [0.5, 0.6) is 5.75 Å². The monoisotopic (exact) mass is 516 g/mol. The second-order valence-electron chi connectivity index (χ2n) is 8.74. The van der Waals surface area contributed by atoms with Crippen molar-refractivity contribution in [3.8, 4) is 5.75 Å². The normalized spacial score (nSPS) is 11.2. The first kappa shape index (κ1) is 26.8. The SMILES string of the molecule is COc1cccc(/C=C(\NC(=O)c2ccccc2)C(=O)Nc2ccc(C(=O)/C=C/c3ccccc3C)cc2)c1. The first-order chi connectivity index (χ1) is 18.9. The van der Waals surface area contributed by atoms with Crippen molar-refractivity contribution >= 4 is 35.4 Å². The zero-order valence-corrected chi connectivity index (χ0v) is 21.7. The predicted octanol–water partition coefficient (Wildman–Crippen LogP) is 6.31. The third kappa shape index (κ3) is 7.40. The number of hydrogen-bond donors (Lipinski definition) is 2. The minimum atomic E-state index is -0.513. The molecule has 0 spiro atoms. The van der Waals surface area contributed by atoms with Crippen LogP contribution in [-0.2, 0) is 4.79 Å². The van der Waals surface area contributed by atoms with E-state index in [1.807, 2.05) is 37.3 Å². The Balaban J connectivity index is 1.51. The Morgan fingerprint density at radius 2 is 1.49 bits per heavy atom. The summed E-state index contributed by atoms with van der Waals surface area (Å²) >= 11 is 0. The molecule has 0 saturated heterocycles. The van der Waals surface area contributed by atoms with E-state index in [1.54, 1.807) is 92.1 Å². The Bertz CT molecular complexity index is 1540. The number of carbonyl (C=O) groups is 3. The summed E-state index contributed by atoms with van der Waals surface area (Å²) in [5.74, 6) is -0.457. The Morgan fingerprint density at radius 3 is 2.21 bits per heavy atom. The molecule has 4 aromatic rings. The van der Waals surface area contributed by atoms with Crippen molar-refractivity contribution in [3.63, 3.8) is 0 Å². The summed E-state index contributed by atoms with van der Waals surface area (Å²) in [6, 6.07) is 30.2. The van der Waals surface area contributed by atoms with Gasteiger partial charge in [-0.1, -0.05) is 60.7 Å². The average Bonchev–Trinajstić information content (AvgIpc) is 2.97. The van der Waals surface area contributed by atoms with Crippen LogP contribution in [0.3, 0.4) is 0 Å². The van der Waals surface area contributed by atoms with E-state index < -0.39 is 11.8 Å². The molecule has 2 amide bonds. The Labute approximate surface area is 227 Å². The van der Waals surface area contributed by atoms with Crippen LogP contribution in [0.2, 0.25) is 0 Å². The van der Waals surface area contributed by atoms with Crippen LogP contribution < -0.4 is 15.4 Å². The smallest absolute Gasteiger partial charge is 0.272 e. The number of allylic oxidation sites excluding steroid dienone is 1. The van der Waals surface area contributed by atoms with Crippen LogP contribution >= 0.6 is 0 Å². The molecule has 0 aromatic heterocycles. The summed E-state index contributed by atoms with van der Waals surface area (Å²) in [6.07, 6.45) is 4.90. The van der Waals surface area contributed by atoms with E-state index in [2.05, 4.69) is 10.6 Å². The quantitative estimate of drug-likeness (QED) is 0.202. The Hall–Kier alpha value is -5.23. The van der Waals surface area contributed by atoms with Gasteiger partial charge in [0.2, 0.25) is 0 Å². The number of hydrogen-bond acceptors (Lipinski definition) is 4. The lowest BCUT2D eigenvalue weighted by Gasteiger charge is -2.12. The van der Waals surface area contributed by atoms with E-state index >= 15 is 0 Å². The first-order valence-electron chi connectivity index (χ1n) is 12.3. The van der Waals surface area contributed by atoms with Gasteiger partial charge in [-0.3, -0.25) is 14.4 Å². The van der Waals surface area contributed by atoms with Gasteiger partial charge in [0.05, 0.1) is 7.11 Å². The Kier molecular flexibility index (Phi) is 8.83. The van der Waals surface area contributed by atoms with Crippen LogP contribution in [0.1, 0.15) is 37.4 Å². The van der Waals surface area contributed by atoms with Gasteiger partial charge >= 0.3 is 0 Å². The molecule has 4 aromatic carbocycles. The fraction of sp³-hybridized carbons (Fsp3) is 0.0606. The summed E-state index contributed by atoms with van der Waals surface area (Å²) in [4.78, 5) is 38.7. The standard InChI is InChI=1S/C33H28N2O4/c1-23-9-6-7-11-25(23)17-20-31(36)26-15-18-28(19-16-26)34-33(38)30(22-24-10-8-14-29(21-24)39-2)35-32(37)27-12-4-3-5-13-27/h3-22H,1-2H3,(H,34,38)(H,35,37)/b20-17+,30-22-. The second-order valence-corrected chi connectivity index (χ2v) is 8.74. The Morgan fingerprint density at radius 1 is 0.769 bits per heavy atom. The van der Waals surface area contributed by atoms with Gasteiger partial charge in [0.15, 0.2) is 5.78 Å². The third-order valence-corrected chi connectivity index (χ3v) is 5.96. The predicted molar refractivity (Wildman–Crippen MR) is 154 cm³/mol. The molecular weight excluding hydrogens is 488 g/mol. The van der Waals surface area contributed by atoms with Gasteiger partial charge < -0.3 is 15.4 Å². The number of ether oxygens (including phenoxy) is 1. The molecule has 194 valence electrons. The number of anilines is 1. The number of ketones is 1. The maximum atomic E-state index is 13.2. The number of rotatable bonds is 9. The molecule has 0 aliphatic carbocycles. The zero-order chi connectivity index (χ0) is 27.6. The number of methoxy groups -OCH3 is 1. The van der Waals surface area contributed by atoms with E-state index in [-0.39, 0.29) is 11.5 Å². The molecule has 0 aliphatic rings. The molecule has 0 fully saturated rings. The molecule has 0 aliphatic heterocycles. The highest BCUT2D eigenvalue weighted by atomic mass is 16.5. The van der Waals surface area contributed by atoms with Crippen molar-refractivity contribution in [2.45, 2.75) is 6.92 Å². The molecule has 0 saturated carbocycles. The molecule has 2 N–H and O–H groups in total. The van der Waals surface area contributed by atoms with Gasteiger partial charge in [-0.15, -0.1) is 0 Å². The fourth-order valence-electron chi connectivity index (χ4n) is 3.79. The summed E-state index contributed by atoms with van der Waals surface area (Å²) in [7, 11) is 1.56. The number of nitrogens with one attached hydrogen (secondary N) is 2. The number of amides is 2. The van der Waals surface area contributed by atoms with Gasteiger partial charge in [-0.05, 0) is 84.3 Å². The minimum Gasteiger partial charge on any atom is -0.497 e. The highest BCUT2D eigenvalue weighted by molar-refractivity contribution is 6.11. The molecule has 4 rings (SSSR count). The molecular formula is C33H28N2O4. The largest absolute Gasteiger partial charge is 0.497 e. The van der Waals surface area contributed by atoms with Gasteiger partial charge in [0.1, 0.15) is 11.4 Å². The fourth-order valence-corrected chi connectivity index (χ4v) is 3.79. The zero-order valence-electron chi connectivity index (χ0n) is 21.7. The van der Waals surface area contributed by atoms with Gasteiger partial charge in [-0.25, -0.2) is 0 Å². The number of benzene rings is 4. The van der Waals surface area contributed by atoms with Crippen LogP contribution in [0.4, 0.5) is 5.69 Å². The summed E-state index contributed by atoms with van der Waals surface area (Å²) in [6.45, 7) is 1.99. The summed E-state index contributed by atoms with van der Waals surface area (Å²) in [5.41, 5.74) is 4.17. The van der Waals surface area contributed by atoms with Crippen LogP contribution in [0.25, 0.3) is 12.2 Å². The third-order valence-electron chi connectivity index (χ3n) is 5.96. The van der Waals surface area contributed by atoms with Crippen molar-refractivity contribution in [1.82, 2.24) is 5.32 Å². The molecule has 0 atom stereocenters. The number of aryl methyl sites for hydroxylation is 1.